The third kappa shape index (κ3) is 5.97. The molecule has 1 aliphatic rings. The Hall–Kier alpha value is -1.56. The summed E-state index contributed by atoms with van der Waals surface area (Å²) in [6.45, 7) is 4.91. The van der Waals surface area contributed by atoms with Crippen molar-refractivity contribution in [2.75, 3.05) is 33.0 Å². The van der Waals surface area contributed by atoms with Crippen LogP contribution in [0.1, 0.15) is 32.4 Å². The third-order valence-corrected chi connectivity index (χ3v) is 6.42. The minimum atomic E-state index is -3.37. The lowest BCUT2D eigenvalue weighted by molar-refractivity contribution is -0.136. The quantitative estimate of drug-likeness (QED) is 0.698. The Morgan fingerprint density at radius 3 is 2.82 bits per heavy atom. The average Bonchev–Trinajstić information content (AvgIpc) is 3.07. The Balaban J connectivity index is 2.29. The van der Waals surface area contributed by atoms with Crippen molar-refractivity contribution in [2.24, 2.45) is 5.92 Å². The van der Waals surface area contributed by atoms with Gasteiger partial charge < -0.3 is 14.7 Å². The fraction of sp³-hybridized carbons (Fsp3) is 0.824. The van der Waals surface area contributed by atoms with Crippen LogP contribution in [0.4, 0.5) is 0 Å². The summed E-state index contributed by atoms with van der Waals surface area (Å²) in [5.74, 6) is -0.197. The zero-order valence-corrected chi connectivity index (χ0v) is 17.8. The fourth-order valence-electron chi connectivity index (χ4n) is 3.13. The van der Waals surface area contributed by atoms with Crippen molar-refractivity contribution in [1.29, 1.82) is 0 Å². The van der Waals surface area contributed by atoms with E-state index in [4.69, 9.17) is 4.74 Å². The van der Waals surface area contributed by atoms with Gasteiger partial charge in [0.1, 0.15) is 0 Å². The summed E-state index contributed by atoms with van der Waals surface area (Å²) < 4.78 is 32.8. The number of hydrogen-bond donors (Lipinski definition) is 1. The molecule has 1 aromatic rings. The predicted molar refractivity (Wildman–Crippen MR) is 103 cm³/mol. The molecule has 0 saturated carbocycles. The first-order valence-corrected chi connectivity index (χ1v) is 11.3. The number of aliphatic hydroxyl groups excluding tert-OH is 1. The lowest BCUT2D eigenvalue weighted by Gasteiger charge is -2.35. The second kappa shape index (κ2) is 9.77. The molecular formula is C17H31N5O5S. The molecule has 0 saturated heterocycles. The number of ether oxygens (including phenoxy) is 1. The summed E-state index contributed by atoms with van der Waals surface area (Å²) in [5, 5.41) is 17.5. The molecule has 11 heteroatoms. The normalized spacial score (nSPS) is 23.8. The maximum absolute atomic E-state index is 12.7. The van der Waals surface area contributed by atoms with Crippen LogP contribution in [0.25, 0.3) is 0 Å². The molecule has 0 aliphatic carbocycles. The Morgan fingerprint density at radius 2 is 2.18 bits per heavy atom. The van der Waals surface area contributed by atoms with Gasteiger partial charge in [-0.15, -0.1) is 5.10 Å². The van der Waals surface area contributed by atoms with Crippen LogP contribution < -0.4 is 0 Å². The van der Waals surface area contributed by atoms with E-state index < -0.39 is 16.1 Å². The van der Waals surface area contributed by atoms with E-state index in [0.717, 1.165) is 11.9 Å². The van der Waals surface area contributed by atoms with Crippen LogP contribution in [-0.2, 0) is 32.7 Å². The van der Waals surface area contributed by atoms with E-state index >= 15 is 0 Å². The van der Waals surface area contributed by atoms with Gasteiger partial charge in [0.25, 0.3) is 0 Å². The molecule has 1 aliphatic heterocycles. The number of fused-ring (bicyclic) bond motifs is 1. The van der Waals surface area contributed by atoms with E-state index in [-0.39, 0.29) is 37.6 Å². The molecule has 0 bridgehead atoms. The smallest absolute Gasteiger partial charge is 0.222 e. The van der Waals surface area contributed by atoms with Gasteiger partial charge in [-0.05, 0) is 13.3 Å². The molecule has 160 valence electrons. The molecule has 3 atom stereocenters. The van der Waals surface area contributed by atoms with E-state index in [1.54, 1.807) is 22.7 Å². The average molecular weight is 418 g/mol. The van der Waals surface area contributed by atoms with Crippen LogP contribution in [0.2, 0.25) is 0 Å². The van der Waals surface area contributed by atoms with Gasteiger partial charge in [-0.1, -0.05) is 12.1 Å². The van der Waals surface area contributed by atoms with E-state index in [9.17, 15) is 18.3 Å². The summed E-state index contributed by atoms with van der Waals surface area (Å²) in [5.41, 5.74) is 0.785. The van der Waals surface area contributed by atoms with Crippen LogP contribution in [0, 0.1) is 5.92 Å². The molecule has 0 aromatic carbocycles. The van der Waals surface area contributed by atoms with Crippen molar-refractivity contribution in [1.82, 2.24) is 24.2 Å². The van der Waals surface area contributed by atoms with Crippen LogP contribution in [-0.4, -0.2) is 88.8 Å². The van der Waals surface area contributed by atoms with E-state index in [1.807, 2.05) is 6.92 Å². The molecule has 28 heavy (non-hydrogen) atoms. The zero-order valence-electron chi connectivity index (χ0n) is 17.0. The number of nitrogens with zero attached hydrogens (tertiary/aromatic N) is 5. The maximum Gasteiger partial charge on any atom is 0.222 e. The molecule has 2 heterocycles. The van der Waals surface area contributed by atoms with Crippen molar-refractivity contribution < 1.29 is 23.1 Å². The minimum Gasteiger partial charge on any atom is -0.394 e. The minimum absolute atomic E-state index is 0.0501. The van der Waals surface area contributed by atoms with Gasteiger partial charge in [-0.25, -0.2) is 17.4 Å². The van der Waals surface area contributed by atoms with Crippen molar-refractivity contribution in [3.63, 3.8) is 0 Å². The number of sulfonamides is 1. The number of rotatable bonds is 5. The molecule has 0 unspecified atom stereocenters. The van der Waals surface area contributed by atoms with Crippen molar-refractivity contribution in [2.45, 2.75) is 52.0 Å². The number of likely N-dealkylation sites (N-methyl/N-ethyl adjacent to an activating group) is 1. The topological polar surface area (TPSA) is 118 Å². The standard InChI is InChI=1S/C17H31N5O5S/c1-13-9-21(14(2)11-23)17(24)6-5-7-22-15(8-18-19-22)12-27-16(13)10-20(3)28(4,25)26/h8,13-14,16,23H,5-7,9-12H2,1-4H3/t13-,14-,16+/m1/s1. The van der Waals surface area contributed by atoms with Crippen LogP contribution >= 0.6 is 0 Å². The molecular weight excluding hydrogens is 386 g/mol. The number of amides is 1. The highest BCUT2D eigenvalue weighted by Gasteiger charge is 2.29. The first-order chi connectivity index (χ1) is 13.1. The van der Waals surface area contributed by atoms with Gasteiger partial charge in [-0.3, -0.25) is 4.79 Å². The number of aromatic nitrogens is 3. The molecule has 10 nitrogen and oxygen atoms in total. The highest BCUT2D eigenvalue weighted by atomic mass is 32.2. The predicted octanol–water partition coefficient (Wildman–Crippen LogP) is -0.306. The van der Waals surface area contributed by atoms with E-state index in [2.05, 4.69) is 10.3 Å². The van der Waals surface area contributed by atoms with Gasteiger partial charge >= 0.3 is 0 Å². The number of aryl methyl sites for hydroxylation is 1. The Labute approximate surface area is 166 Å². The second-order valence-corrected chi connectivity index (χ2v) is 9.59. The lowest BCUT2D eigenvalue weighted by atomic mass is 10.0. The fourth-order valence-corrected chi connectivity index (χ4v) is 3.55. The van der Waals surface area contributed by atoms with E-state index in [1.165, 1.54) is 11.4 Å². The molecule has 0 radical (unpaired) electrons. The molecule has 2 rings (SSSR count). The summed E-state index contributed by atoms with van der Waals surface area (Å²) in [7, 11) is -1.86. The van der Waals surface area contributed by atoms with Gasteiger partial charge in [-0.2, -0.15) is 0 Å². The van der Waals surface area contributed by atoms with E-state index in [0.29, 0.717) is 25.9 Å². The second-order valence-electron chi connectivity index (χ2n) is 7.50. The van der Waals surface area contributed by atoms with Gasteiger partial charge in [0.05, 0.1) is 43.5 Å². The maximum atomic E-state index is 12.7. The number of carbonyl (C=O) groups excluding carboxylic acids is 1. The summed E-state index contributed by atoms with van der Waals surface area (Å²) >= 11 is 0. The van der Waals surface area contributed by atoms with Gasteiger partial charge in [0, 0.05) is 39.0 Å². The Morgan fingerprint density at radius 1 is 1.46 bits per heavy atom. The molecule has 0 fully saturated rings. The number of hydrogen-bond acceptors (Lipinski definition) is 7. The van der Waals surface area contributed by atoms with Crippen LogP contribution in [0.5, 0.6) is 0 Å². The first-order valence-electron chi connectivity index (χ1n) is 9.44. The molecule has 1 aromatic heterocycles. The zero-order chi connectivity index (χ0) is 20.9. The van der Waals surface area contributed by atoms with Crippen LogP contribution in [0.3, 0.4) is 0 Å². The number of carbonyl (C=O) groups is 1. The first kappa shape index (κ1) is 22.7. The van der Waals surface area contributed by atoms with Crippen molar-refractivity contribution in [3.05, 3.63) is 11.9 Å². The Kier molecular flexibility index (Phi) is 7.93. The monoisotopic (exact) mass is 417 g/mol. The van der Waals surface area contributed by atoms with Crippen LogP contribution in [0.15, 0.2) is 6.20 Å². The van der Waals surface area contributed by atoms with Crippen molar-refractivity contribution in [3.8, 4) is 0 Å². The highest BCUT2D eigenvalue weighted by Crippen LogP contribution is 2.18. The Bertz CT molecular complexity index is 753. The molecule has 1 N–H and O–H groups in total. The summed E-state index contributed by atoms with van der Waals surface area (Å²) in [6, 6.07) is -0.326. The van der Waals surface area contributed by atoms with Gasteiger partial charge in [0.2, 0.25) is 15.9 Å². The summed E-state index contributed by atoms with van der Waals surface area (Å²) in [4.78, 5) is 14.4. The lowest BCUT2D eigenvalue weighted by Crippen LogP contribution is -2.47. The SMILES string of the molecule is C[C@@H]1CN([C@H](C)CO)C(=O)CCCn2nncc2CO[C@H]1CN(C)S(C)(=O)=O. The van der Waals surface area contributed by atoms with Crippen molar-refractivity contribution >= 4 is 15.9 Å². The largest absolute Gasteiger partial charge is 0.394 e. The number of aliphatic hydroxyl groups is 1. The summed E-state index contributed by atoms with van der Waals surface area (Å²) in [6.07, 6.45) is 3.28. The third-order valence-electron chi connectivity index (χ3n) is 5.14. The molecule has 1 amide bonds. The highest BCUT2D eigenvalue weighted by molar-refractivity contribution is 7.88. The molecule has 0 spiro atoms. The van der Waals surface area contributed by atoms with Gasteiger partial charge in [0.15, 0.2) is 0 Å².